The van der Waals surface area contributed by atoms with Gasteiger partial charge in [-0.2, -0.15) is 0 Å². The molecule has 182 valence electrons. The molecular formula is C24H48N4O3. The van der Waals surface area contributed by atoms with Crippen molar-refractivity contribution in [3.8, 4) is 0 Å². The standard InChI is InChI=1S/C24H48N4O3/c1-4-7-10-13-16-19-22(29)25-28(26-23(30)20-17-14-11-8-5-2)27-24(31)21-18-15-12-9-6-3/h4-21H2,1-3H3,(H,25,29)(H,26,30)(H,27,31). The number of rotatable bonds is 21. The number of nitrogens with zero attached hydrogens (tertiary/aromatic N) is 1. The van der Waals surface area contributed by atoms with Crippen molar-refractivity contribution < 1.29 is 14.4 Å². The topological polar surface area (TPSA) is 90.5 Å². The third kappa shape index (κ3) is 20.0. The van der Waals surface area contributed by atoms with Crippen molar-refractivity contribution in [1.82, 2.24) is 21.5 Å². The van der Waals surface area contributed by atoms with E-state index in [-0.39, 0.29) is 17.7 Å². The largest absolute Gasteiger partial charge is 0.274 e. The van der Waals surface area contributed by atoms with Gasteiger partial charge in [-0.05, 0) is 24.5 Å². The van der Waals surface area contributed by atoms with Crippen LogP contribution in [0.2, 0.25) is 0 Å². The lowest BCUT2D eigenvalue weighted by Crippen LogP contribution is -2.61. The van der Waals surface area contributed by atoms with Gasteiger partial charge in [0, 0.05) is 19.3 Å². The first-order valence-corrected chi connectivity index (χ1v) is 12.7. The molecule has 0 aliphatic rings. The van der Waals surface area contributed by atoms with Gasteiger partial charge >= 0.3 is 0 Å². The summed E-state index contributed by atoms with van der Waals surface area (Å²) in [5.74, 6) is -0.617. The molecule has 0 radical (unpaired) electrons. The molecule has 0 unspecified atom stereocenters. The highest BCUT2D eigenvalue weighted by Crippen LogP contribution is 2.07. The molecule has 0 saturated heterocycles. The van der Waals surface area contributed by atoms with E-state index in [1.807, 2.05) is 0 Å². The fourth-order valence-electron chi connectivity index (χ4n) is 3.29. The fourth-order valence-corrected chi connectivity index (χ4v) is 3.29. The summed E-state index contributed by atoms with van der Waals surface area (Å²) in [6.07, 6.45) is 16.9. The number of hydrazine groups is 3. The van der Waals surface area contributed by atoms with E-state index in [9.17, 15) is 14.4 Å². The van der Waals surface area contributed by atoms with Gasteiger partial charge in [0.1, 0.15) is 0 Å². The Labute approximate surface area is 190 Å². The van der Waals surface area contributed by atoms with Gasteiger partial charge in [-0.1, -0.05) is 97.8 Å². The highest BCUT2D eigenvalue weighted by molar-refractivity contribution is 5.79. The minimum atomic E-state index is -0.206. The molecule has 7 heteroatoms. The summed E-state index contributed by atoms with van der Waals surface area (Å²) in [6, 6.07) is 0. The molecule has 0 rings (SSSR count). The highest BCUT2D eigenvalue weighted by Gasteiger charge is 2.15. The van der Waals surface area contributed by atoms with Crippen LogP contribution in [0.1, 0.15) is 136 Å². The summed E-state index contributed by atoms with van der Waals surface area (Å²) in [7, 11) is 0. The van der Waals surface area contributed by atoms with Gasteiger partial charge in [-0.3, -0.25) is 30.7 Å². The van der Waals surface area contributed by atoms with Gasteiger partial charge in [0.15, 0.2) is 0 Å². The molecule has 0 aliphatic carbocycles. The molecule has 0 bridgehead atoms. The number of unbranched alkanes of at least 4 members (excludes halogenated alkanes) is 12. The lowest BCUT2D eigenvalue weighted by molar-refractivity contribution is -0.143. The summed E-state index contributed by atoms with van der Waals surface area (Å²) in [5.41, 5.74) is 7.87. The Morgan fingerprint density at radius 1 is 0.452 bits per heavy atom. The minimum absolute atomic E-state index is 0.206. The van der Waals surface area contributed by atoms with Crippen LogP contribution < -0.4 is 16.3 Å². The maximum atomic E-state index is 12.3. The Morgan fingerprint density at radius 3 is 0.968 bits per heavy atom. The Balaban J connectivity index is 4.43. The summed E-state index contributed by atoms with van der Waals surface area (Å²) in [5, 5.41) is 1.07. The van der Waals surface area contributed by atoms with E-state index < -0.39 is 0 Å². The number of hydrogen-bond donors (Lipinski definition) is 3. The third-order valence-electron chi connectivity index (χ3n) is 5.23. The lowest BCUT2D eigenvalue weighted by Gasteiger charge is -2.24. The van der Waals surface area contributed by atoms with Gasteiger partial charge in [-0.25, -0.2) is 0 Å². The Hall–Kier alpha value is -1.63. The molecule has 7 nitrogen and oxygen atoms in total. The number of carbonyl (C=O) groups excluding carboxylic acids is 3. The third-order valence-corrected chi connectivity index (χ3v) is 5.23. The number of nitrogens with one attached hydrogen (secondary N) is 3. The molecule has 3 amide bonds. The van der Waals surface area contributed by atoms with Crippen LogP contribution in [0.3, 0.4) is 0 Å². The number of amides is 3. The number of hydrogen-bond acceptors (Lipinski definition) is 4. The zero-order valence-electron chi connectivity index (χ0n) is 20.4. The van der Waals surface area contributed by atoms with Crippen LogP contribution in [0.25, 0.3) is 0 Å². The molecule has 0 aromatic rings. The van der Waals surface area contributed by atoms with E-state index in [1.54, 1.807) is 0 Å². The van der Waals surface area contributed by atoms with E-state index >= 15 is 0 Å². The molecule has 0 saturated carbocycles. The molecule has 0 atom stereocenters. The van der Waals surface area contributed by atoms with Crippen LogP contribution in [0, 0.1) is 0 Å². The fraction of sp³-hybridized carbons (Fsp3) is 0.875. The van der Waals surface area contributed by atoms with E-state index in [0.29, 0.717) is 19.3 Å². The molecular weight excluding hydrogens is 392 g/mol. The van der Waals surface area contributed by atoms with Crippen molar-refractivity contribution in [3.63, 3.8) is 0 Å². The lowest BCUT2D eigenvalue weighted by atomic mass is 10.1. The number of carbonyl (C=O) groups is 3. The Kier molecular flexibility index (Phi) is 20.5. The van der Waals surface area contributed by atoms with Crippen molar-refractivity contribution in [1.29, 1.82) is 0 Å². The maximum absolute atomic E-state index is 12.3. The molecule has 0 fully saturated rings. The van der Waals surface area contributed by atoms with Crippen molar-refractivity contribution in [2.75, 3.05) is 0 Å². The van der Waals surface area contributed by atoms with Gasteiger partial charge in [-0.15, -0.1) is 0 Å². The molecule has 0 spiro atoms. The Morgan fingerprint density at radius 2 is 0.710 bits per heavy atom. The van der Waals surface area contributed by atoms with E-state index in [0.717, 1.165) is 82.3 Å². The Bertz CT molecular complexity index is 405. The smallest absolute Gasteiger partial charge is 0.237 e. The molecule has 0 aromatic heterocycles. The molecule has 0 heterocycles. The molecule has 0 aromatic carbocycles. The average molecular weight is 441 g/mol. The predicted octanol–water partition coefficient (Wildman–Crippen LogP) is 5.46. The van der Waals surface area contributed by atoms with Crippen LogP contribution in [0.15, 0.2) is 0 Å². The van der Waals surface area contributed by atoms with Crippen molar-refractivity contribution in [3.05, 3.63) is 0 Å². The highest BCUT2D eigenvalue weighted by atomic mass is 16.2. The first kappa shape index (κ1) is 29.4. The second kappa shape index (κ2) is 21.6. The molecule has 31 heavy (non-hydrogen) atoms. The second-order valence-electron chi connectivity index (χ2n) is 8.43. The summed E-state index contributed by atoms with van der Waals surface area (Å²) < 4.78 is 0. The molecule has 3 N–H and O–H groups in total. The summed E-state index contributed by atoms with van der Waals surface area (Å²) >= 11 is 0. The van der Waals surface area contributed by atoms with Crippen molar-refractivity contribution in [2.45, 2.75) is 136 Å². The van der Waals surface area contributed by atoms with Crippen molar-refractivity contribution >= 4 is 17.7 Å². The van der Waals surface area contributed by atoms with Gasteiger partial charge in [0.2, 0.25) is 17.7 Å². The van der Waals surface area contributed by atoms with Gasteiger partial charge < -0.3 is 0 Å². The normalized spacial score (nSPS) is 10.8. The van der Waals surface area contributed by atoms with Gasteiger partial charge in [0.05, 0.1) is 0 Å². The summed E-state index contributed by atoms with van der Waals surface area (Å²) in [4.78, 5) is 36.8. The van der Waals surface area contributed by atoms with E-state index in [4.69, 9.17) is 0 Å². The van der Waals surface area contributed by atoms with Gasteiger partial charge in [0.25, 0.3) is 0 Å². The SMILES string of the molecule is CCCCCCCC(=O)NN(NC(=O)CCCCCCC)NC(=O)CCCCCCC. The second-order valence-corrected chi connectivity index (χ2v) is 8.43. The summed E-state index contributed by atoms with van der Waals surface area (Å²) in [6.45, 7) is 6.47. The van der Waals surface area contributed by atoms with E-state index in [2.05, 4.69) is 37.0 Å². The zero-order chi connectivity index (χ0) is 23.2. The quantitative estimate of drug-likeness (QED) is 0.163. The first-order chi connectivity index (χ1) is 15.0. The first-order valence-electron chi connectivity index (χ1n) is 12.7. The maximum Gasteiger partial charge on any atom is 0.237 e. The van der Waals surface area contributed by atoms with Crippen LogP contribution in [-0.2, 0) is 14.4 Å². The zero-order valence-corrected chi connectivity index (χ0v) is 20.4. The molecule has 0 aliphatic heterocycles. The van der Waals surface area contributed by atoms with E-state index in [1.165, 1.54) is 19.3 Å². The van der Waals surface area contributed by atoms with Crippen LogP contribution in [0.4, 0.5) is 0 Å². The van der Waals surface area contributed by atoms with Crippen molar-refractivity contribution in [2.24, 2.45) is 0 Å². The van der Waals surface area contributed by atoms with Crippen LogP contribution >= 0.6 is 0 Å². The van der Waals surface area contributed by atoms with Crippen LogP contribution in [0.5, 0.6) is 0 Å². The average Bonchev–Trinajstić information content (AvgIpc) is 2.73. The minimum Gasteiger partial charge on any atom is -0.274 e. The monoisotopic (exact) mass is 440 g/mol. The predicted molar refractivity (Wildman–Crippen MR) is 126 cm³/mol. The van der Waals surface area contributed by atoms with Crippen LogP contribution in [-0.4, -0.2) is 22.9 Å².